The van der Waals surface area contributed by atoms with Crippen molar-refractivity contribution in [1.82, 2.24) is 0 Å². The first kappa shape index (κ1) is 47.2. The van der Waals surface area contributed by atoms with E-state index in [-0.39, 0.29) is 31.1 Å². The molecule has 1 aliphatic heterocycles. The maximum absolute atomic E-state index is 12.8. The maximum Gasteiger partial charge on any atom is 0.306 e. The van der Waals surface area contributed by atoms with E-state index in [1.54, 1.807) is 0 Å². The summed E-state index contributed by atoms with van der Waals surface area (Å²) in [6, 6.07) is 0. The highest BCUT2D eigenvalue weighted by molar-refractivity contribution is 9.09. The standard InChI is InChI=1S/C41H74O6S3/c1-6-9-12-13-14-15-16-17-22-29-39(42)45-32-36-33-46-40(43)30-23-18-20-27-37(34(4)25-10-7-2)48-50-49-38(35(5)26-11-8-3)28-21-19-24-31-41(44)47-36/h13-14,34-38H,6-12,15-33H2,1-5H3/b14-13+. The third kappa shape index (κ3) is 26.0. The molecule has 0 aromatic carbocycles. The Bertz CT molecular complexity index is 884. The summed E-state index contributed by atoms with van der Waals surface area (Å²) in [6.45, 7) is 11.4. The lowest BCUT2D eigenvalue weighted by Crippen LogP contribution is -2.30. The zero-order valence-corrected chi connectivity index (χ0v) is 35.0. The molecule has 0 bridgehead atoms. The van der Waals surface area contributed by atoms with Gasteiger partial charge in [0.15, 0.2) is 6.10 Å². The minimum absolute atomic E-state index is 0.0817. The number of cyclic esters (lactones) is 2. The molecule has 6 nitrogen and oxygen atoms in total. The number of esters is 3. The summed E-state index contributed by atoms with van der Waals surface area (Å²) in [5.41, 5.74) is 0. The first-order chi connectivity index (χ1) is 24.3. The molecule has 0 saturated carbocycles. The molecule has 5 unspecified atom stereocenters. The smallest absolute Gasteiger partial charge is 0.306 e. The van der Waals surface area contributed by atoms with Crippen molar-refractivity contribution >= 4 is 49.3 Å². The summed E-state index contributed by atoms with van der Waals surface area (Å²) >= 11 is 0. The van der Waals surface area contributed by atoms with Gasteiger partial charge in [-0.2, -0.15) is 0 Å². The van der Waals surface area contributed by atoms with Gasteiger partial charge < -0.3 is 14.2 Å². The van der Waals surface area contributed by atoms with E-state index in [0.29, 0.717) is 41.6 Å². The van der Waals surface area contributed by atoms with E-state index in [1.165, 1.54) is 64.2 Å². The molecule has 1 rings (SSSR count). The van der Waals surface area contributed by atoms with Crippen molar-refractivity contribution in [2.24, 2.45) is 11.8 Å². The van der Waals surface area contributed by atoms with Gasteiger partial charge in [0, 0.05) is 29.8 Å². The number of carbonyl (C=O) groups is 3. The second-order valence-corrected chi connectivity index (χ2v) is 19.0. The number of allylic oxidation sites excluding steroid dienone is 2. The van der Waals surface area contributed by atoms with Crippen LogP contribution in [0.15, 0.2) is 12.2 Å². The fourth-order valence-electron chi connectivity index (χ4n) is 6.13. The molecular formula is C41H74O6S3. The van der Waals surface area contributed by atoms with Crippen LogP contribution >= 0.6 is 31.4 Å². The quantitative estimate of drug-likeness (QED) is 0.0420. The van der Waals surface area contributed by atoms with Crippen LogP contribution in [0.2, 0.25) is 0 Å². The summed E-state index contributed by atoms with van der Waals surface area (Å²) in [4.78, 5) is 37.9. The van der Waals surface area contributed by atoms with Crippen LogP contribution in [-0.2, 0) is 28.6 Å². The first-order valence-electron chi connectivity index (χ1n) is 20.4. The Kier molecular flexibility index (Phi) is 31.0. The van der Waals surface area contributed by atoms with Crippen molar-refractivity contribution in [3.63, 3.8) is 0 Å². The lowest BCUT2D eigenvalue weighted by molar-refractivity contribution is -0.167. The van der Waals surface area contributed by atoms with E-state index in [9.17, 15) is 14.4 Å². The molecule has 50 heavy (non-hydrogen) atoms. The average molecular weight is 759 g/mol. The molecular weight excluding hydrogens is 685 g/mol. The van der Waals surface area contributed by atoms with Gasteiger partial charge in [0.05, 0.1) is 0 Å². The van der Waals surface area contributed by atoms with E-state index in [1.807, 2.05) is 9.83 Å². The molecule has 292 valence electrons. The lowest BCUT2D eigenvalue weighted by Gasteiger charge is -2.26. The van der Waals surface area contributed by atoms with Gasteiger partial charge in [0.1, 0.15) is 13.2 Å². The van der Waals surface area contributed by atoms with Gasteiger partial charge in [-0.05, 0) is 85.9 Å². The molecule has 0 amide bonds. The fraction of sp³-hybridized carbons (Fsp3) is 0.878. The minimum atomic E-state index is -0.780. The van der Waals surface area contributed by atoms with Gasteiger partial charge in [-0.3, -0.25) is 14.4 Å². The van der Waals surface area contributed by atoms with Gasteiger partial charge >= 0.3 is 17.9 Å². The molecule has 1 saturated heterocycles. The second-order valence-electron chi connectivity index (χ2n) is 14.5. The van der Waals surface area contributed by atoms with Crippen LogP contribution in [0.25, 0.3) is 0 Å². The zero-order valence-electron chi connectivity index (χ0n) is 32.6. The highest BCUT2D eigenvalue weighted by Crippen LogP contribution is 2.47. The Morgan fingerprint density at radius 1 is 0.740 bits per heavy atom. The van der Waals surface area contributed by atoms with E-state index >= 15 is 0 Å². The van der Waals surface area contributed by atoms with Crippen LogP contribution in [-0.4, -0.2) is 47.7 Å². The van der Waals surface area contributed by atoms with Gasteiger partial charge in [-0.15, -0.1) is 0 Å². The van der Waals surface area contributed by atoms with Gasteiger partial charge in [0.2, 0.25) is 0 Å². The summed E-state index contributed by atoms with van der Waals surface area (Å²) in [5, 5.41) is 1.23. The zero-order chi connectivity index (χ0) is 36.7. The molecule has 0 aromatic rings. The van der Waals surface area contributed by atoms with E-state index in [0.717, 1.165) is 70.6 Å². The molecule has 1 heterocycles. The molecule has 0 aromatic heterocycles. The summed E-state index contributed by atoms with van der Waals surface area (Å²) < 4.78 is 16.7. The van der Waals surface area contributed by atoms with E-state index < -0.39 is 6.10 Å². The molecule has 5 atom stereocenters. The maximum atomic E-state index is 12.8. The number of ether oxygens (including phenoxy) is 3. The van der Waals surface area contributed by atoms with Gasteiger partial charge in [0.25, 0.3) is 0 Å². The largest absolute Gasteiger partial charge is 0.462 e. The molecule has 9 heteroatoms. The second kappa shape index (κ2) is 32.8. The number of unbranched alkanes of at least 4 members (excludes halogenated alkanes) is 7. The Morgan fingerprint density at radius 2 is 1.30 bits per heavy atom. The number of rotatable bonds is 19. The van der Waals surface area contributed by atoms with Crippen molar-refractivity contribution in [2.75, 3.05) is 13.2 Å². The fourth-order valence-corrected chi connectivity index (χ4v) is 12.2. The van der Waals surface area contributed by atoms with E-state index in [2.05, 4.69) is 68.4 Å². The van der Waals surface area contributed by atoms with Crippen molar-refractivity contribution < 1.29 is 28.6 Å². The molecule has 0 aliphatic carbocycles. The van der Waals surface area contributed by atoms with E-state index in [4.69, 9.17) is 14.2 Å². The van der Waals surface area contributed by atoms with Crippen molar-refractivity contribution in [2.45, 2.75) is 205 Å². The highest BCUT2D eigenvalue weighted by Gasteiger charge is 2.23. The molecule has 0 N–H and O–H groups in total. The average Bonchev–Trinajstić information content (AvgIpc) is 3.10. The first-order valence-corrected chi connectivity index (χ1v) is 24.1. The third-order valence-corrected chi connectivity index (χ3v) is 15.1. The molecule has 0 radical (unpaired) electrons. The Hall–Kier alpha value is -0.800. The molecule has 0 spiro atoms. The molecule has 1 aliphatic rings. The van der Waals surface area contributed by atoms with Crippen LogP contribution in [0.5, 0.6) is 0 Å². The SMILES string of the molecule is CCCC/C=C/CCCCCC(=O)OCC1COC(=O)CCCCCC(C(C)CCCC)SSSC(C(C)CCCC)CCCCCC(=O)O1. The van der Waals surface area contributed by atoms with Crippen LogP contribution in [0.4, 0.5) is 0 Å². The Labute approximate surface area is 319 Å². The topological polar surface area (TPSA) is 78.9 Å². The van der Waals surface area contributed by atoms with Crippen molar-refractivity contribution in [1.29, 1.82) is 0 Å². The lowest BCUT2D eigenvalue weighted by atomic mass is 9.96. The number of hydrogen-bond donors (Lipinski definition) is 0. The predicted octanol–water partition coefficient (Wildman–Crippen LogP) is 13.0. The van der Waals surface area contributed by atoms with Gasteiger partial charge in [-0.25, -0.2) is 0 Å². The van der Waals surface area contributed by atoms with Crippen LogP contribution in [0.1, 0.15) is 189 Å². The predicted molar refractivity (Wildman–Crippen MR) is 217 cm³/mol. The monoisotopic (exact) mass is 758 g/mol. The molecule has 1 fully saturated rings. The summed E-state index contributed by atoms with van der Waals surface area (Å²) in [7, 11) is 6.17. The van der Waals surface area contributed by atoms with Crippen molar-refractivity contribution in [3.8, 4) is 0 Å². The number of hydrogen-bond acceptors (Lipinski definition) is 9. The highest BCUT2D eigenvalue weighted by atomic mass is 33.5. The third-order valence-electron chi connectivity index (χ3n) is 9.66. The normalized spacial score (nSPS) is 22.6. The van der Waals surface area contributed by atoms with Gasteiger partial charge in [-0.1, -0.05) is 139 Å². The Morgan fingerprint density at radius 3 is 1.88 bits per heavy atom. The van der Waals surface area contributed by atoms with Crippen LogP contribution < -0.4 is 0 Å². The minimum Gasteiger partial charge on any atom is -0.462 e. The van der Waals surface area contributed by atoms with Crippen molar-refractivity contribution in [3.05, 3.63) is 12.2 Å². The Balaban J connectivity index is 2.74. The summed E-state index contributed by atoms with van der Waals surface area (Å²) in [6.07, 6.45) is 27.8. The summed E-state index contributed by atoms with van der Waals surface area (Å²) in [5.74, 6) is 0.449. The number of carbonyl (C=O) groups excluding carboxylic acids is 3. The van der Waals surface area contributed by atoms with Crippen LogP contribution in [0, 0.1) is 11.8 Å². The van der Waals surface area contributed by atoms with Crippen LogP contribution in [0.3, 0.4) is 0 Å².